The van der Waals surface area contributed by atoms with Gasteiger partial charge in [-0.3, -0.25) is 4.79 Å². The minimum atomic E-state index is -3.52. The number of sulfonamides is 1. The monoisotopic (exact) mass is 297 g/mol. The van der Waals surface area contributed by atoms with Crippen LogP contribution >= 0.6 is 0 Å². The molecule has 1 rings (SSSR count). The van der Waals surface area contributed by atoms with E-state index < -0.39 is 10.0 Å². The molecule has 0 aromatic heterocycles. The van der Waals surface area contributed by atoms with Crippen LogP contribution in [0.15, 0.2) is 29.2 Å². The molecular weight excluding hydrogens is 274 g/mol. The lowest BCUT2D eigenvalue weighted by Gasteiger charge is -2.08. The molecule has 0 fully saturated rings. The fourth-order valence-electron chi connectivity index (χ4n) is 1.85. The smallest absolute Gasteiger partial charge is 0.240 e. The quantitative estimate of drug-likeness (QED) is 0.592. The van der Waals surface area contributed by atoms with Crippen molar-refractivity contribution in [3.63, 3.8) is 0 Å². The Morgan fingerprint density at radius 1 is 1.25 bits per heavy atom. The van der Waals surface area contributed by atoms with E-state index in [1.807, 2.05) is 0 Å². The minimum absolute atomic E-state index is 0.140. The van der Waals surface area contributed by atoms with Crippen molar-refractivity contribution >= 4 is 15.8 Å². The van der Waals surface area contributed by atoms with E-state index in [-0.39, 0.29) is 10.7 Å². The van der Waals surface area contributed by atoms with E-state index in [1.165, 1.54) is 19.1 Å². The van der Waals surface area contributed by atoms with E-state index in [0.717, 1.165) is 19.3 Å². The van der Waals surface area contributed by atoms with Crippen molar-refractivity contribution < 1.29 is 13.2 Å². The van der Waals surface area contributed by atoms with Crippen LogP contribution < -0.4 is 4.72 Å². The van der Waals surface area contributed by atoms with Crippen molar-refractivity contribution in [1.29, 1.82) is 0 Å². The number of rotatable bonds is 8. The number of benzene rings is 1. The molecule has 0 radical (unpaired) electrons. The highest BCUT2D eigenvalue weighted by Crippen LogP contribution is 2.12. The fourth-order valence-corrected chi connectivity index (χ4v) is 2.97. The van der Waals surface area contributed by atoms with Crippen LogP contribution in [0.25, 0.3) is 0 Å². The van der Waals surface area contributed by atoms with Crippen LogP contribution in [0.3, 0.4) is 0 Å². The molecule has 4 nitrogen and oxygen atoms in total. The second-order valence-corrected chi connectivity index (χ2v) is 7.14. The highest BCUT2D eigenvalue weighted by molar-refractivity contribution is 7.89. The Bertz CT molecular complexity index is 550. The summed E-state index contributed by atoms with van der Waals surface area (Å²) in [5, 5.41) is 0. The fraction of sp³-hybridized carbons (Fsp3) is 0.533. The number of nitrogens with one attached hydrogen (secondary N) is 1. The average Bonchev–Trinajstić information content (AvgIpc) is 2.38. The molecule has 0 aliphatic heterocycles. The number of hydrogen-bond donors (Lipinski definition) is 1. The Morgan fingerprint density at radius 2 is 1.95 bits per heavy atom. The van der Waals surface area contributed by atoms with Gasteiger partial charge >= 0.3 is 0 Å². The second kappa shape index (κ2) is 7.55. The average molecular weight is 297 g/mol. The molecule has 112 valence electrons. The van der Waals surface area contributed by atoms with E-state index >= 15 is 0 Å². The van der Waals surface area contributed by atoms with E-state index in [4.69, 9.17) is 0 Å². The maximum Gasteiger partial charge on any atom is 0.240 e. The summed E-state index contributed by atoms with van der Waals surface area (Å²) in [5.41, 5.74) is 0.410. The van der Waals surface area contributed by atoms with Crippen LogP contribution in [0, 0.1) is 5.92 Å². The molecule has 5 heteroatoms. The summed E-state index contributed by atoms with van der Waals surface area (Å²) in [7, 11) is -3.52. The minimum Gasteiger partial charge on any atom is -0.295 e. The number of hydrogen-bond acceptors (Lipinski definition) is 3. The molecule has 0 saturated heterocycles. The maximum atomic E-state index is 12.1. The van der Waals surface area contributed by atoms with Crippen molar-refractivity contribution in [1.82, 2.24) is 4.72 Å². The third-order valence-corrected chi connectivity index (χ3v) is 4.51. The highest BCUT2D eigenvalue weighted by Gasteiger charge is 2.14. The Labute approximate surface area is 121 Å². The van der Waals surface area contributed by atoms with Gasteiger partial charge in [-0.1, -0.05) is 38.8 Å². The summed E-state index contributed by atoms with van der Waals surface area (Å²) in [6.45, 7) is 6.15. The zero-order valence-electron chi connectivity index (χ0n) is 12.3. The zero-order valence-corrected chi connectivity index (χ0v) is 13.2. The third-order valence-electron chi connectivity index (χ3n) is 3.05. The largest absolute Gasteiger partial charge is 0.295 e. The second-order valence-electron chi connectivity index (χ2n) is 5.37. The third kappa shape index (κ3) is 5.43. The van der Waals surface area contributed by atoms with Crippen LogP contribution in [-0.4, -0.2) is 20.7 Å². The van der Waals surface area contributed by atoms with Crippen molar-refractivity contribution in [3.05, 3.63) is 29.8 Å². The highest BCUT2D eigenvalue weighted by atomic mass is 32.2. The lowest BCUT2D eigenvalue weighted by Crippen LogP contribution is -2.25. The first-order valence-electron chi connectivity index (χ1n) is 6.93. The summed E-state index contributed by atoms with van der Waals surface area (Å²) in [4.78, 5) is 11.4. The molecular formula is C15H23NO3S. The Kier molecular flexibility index (Phi) is 6.36. The van der Waals surface area contributed by atoms with E-state index in [2.05, 4.69) is 18.6 Å². The summed E-state index contributed by atoms with van der Waals surface area (Å²) in [5.74, 6) is 0.498. The molecule has 0 unspecified atom stereocenters. The molecule has 0 heterocycles. The van der Waals surface area contributed by atoms with Crippen LogP contribution in [0.5, 0.6) is 0 Å². The van der Waals surface area contributed by atoms with E-state index in [9.17, 15) is 13.2 Å². The van der Waals surface area contributed by atoms with Gasteiger partial charge in [-0.25, -0.2) is 13.1 Å². The number of ketones is 1. The normalized spacial score (nSPS) is 11.8. The number of Topliss-reactive ketones (excluding diaryl/α,β-unsaturated/α-hetero) is 1. The molecule has 0 aliphatic rings. The maximum absolute atomic E-state index is 12.1. The van der Waals surface area contributed by atoms with Gasteiger partial charge in [0.05, 0.1) is 4.90 Å². The first-order valence-corrected chi connectivity index (χ1v) is 8.42. The summed E-state index contributed by atoms with van der Waals surface area (Å²) < 4.78 is 26.7. The molecule has 0 aliphatic carbocycles. The molecule has 0 amide bonds. The van der Waals surface area contributed by atoms with Crippen molar-refractivity contribution in [2.75, 3.05) is 6.54 Å². The predicted molar refractivity (Wildman–Crippen MR) is 80.3 cm³/mol. The first kappa shape index (κ1) is 16.9. The SMILES string of the molecule is CC(=O)c1cccc(S(=O)(=O)NCCCCC(C)C)c1. The molecule has 0 bridgehead atoms. The molecule has 1 N–H and O–H groups in total. The Hall–Kier alpha value is -1.20. The van der Waals surface area contributed by atoms with E-state index in [1.54, 1.807) is 12.1 Å². The van der Waals surface area contributed by atoms with Gasteiger partial charge in [0.25, 0.3) is 0 Å². The molecule has 20 heavy (non-hydrogen) atoms. The van der Waals surface area contributed by atoms with Gasteiger partial charge < -0.3 is 0 Å². The van der Waals surface area contributed by atoms with Crippen molar-refractivity contribution in [2.45, 2.75) is 44.9 Å². The van der Waals surface area contributed by atoms with Crippen LogP contribution in [0.4, 0.5) is 0 Å². The van der Waals surface area contributed by atoms with Gasteiger partial charge in [-0.15, -0.1) is 0 Å². The lowest BCUT2D eigenvalue weighted by atomic mass is 10.1. The van der Waals surface area contributed by atoms with Crippen LogP contribution in [-0.2, 0) is 10.0 Å². The van der Waals surface area contributed by atoms with Crippen molar-refractivity contribution in [2.24, 2.45) is 5.92 Å². The zero-order chi connectivity index (χ0) is 15.2. The van der Waals surface area contributed by atoms with Gasteiger partial charge in [0.15, 0.2) is 5.78 Å². The Balaban J connectivity index is 2.60. The summed E-state index contributed by atoms with van der Waals surface area (Å²) in [6.07, 6.45) is 2.93. The lowest BCUT2D eigenvalue weighted by molar-refractivity contribution is 0.101. The molecule has 0 atom stereocenters. The molecule has 0 saturated carbocycles. The van der Waals surface area contributed by atoms with E-state index in [0.29, 0.717) is 18.0 Å². The van der Waals surface area contributed by atoms with Gasteiger partial charge in [-0.2, -0.15) is 0 Å². The topological polar surface area (TPSA) is 63.2 Å². The van der Waals surface area contributed by atoms with Crippen LogP contribution in [0.2, 0.25) is 0 Å². The van der Waals surface area contributed by atoms with Gasteiger partial charge in [0.1, 0.15) is 0 Å². The first-order chi connectivity index (χ1) is 9.33. The molecule has 0 spiro atoms. The molecule has 1 aromatic carbocycles. The standard InChI is InChI=1S/C15H23NO3S/c1-12(2)7-4-5-10-16-20(18,19)15-9-6-8-14(11-15)13(3)17/h6,8-9,11-12,16H,4-5,7,10H2,1-3H3. The number of carbonyl (C=O) groups is 1. The van der Waals surface area contributed by atoms with Gasteiger partial charge in [0.2, 0.25) is 10.0 Å². The van der Waals surface area contributed by atoms with Gasteiger partial charge in [-0.05, 0) is 31.4 Å². The van der Waals surface area contributed by atoms with Crippen LogP contribution in [0.1, 0.15) is 50.4 Å². The number of carbonyl (C=O) groups excluding carboxylic acids is 1. The molecule has 1 aromatic rings. The Morgan fingerprint density at radius 3 is 2.55 bits per heavy atom. The summed E-state index contributed by atoms with van der Waals surface area (Å²) >= 11 is 0. The van der Waals surface area contributed by atoms with Gasteiger partial charge in [0, 0.05) is 12.1 Å². The summed E-state index contributed by atoms with van der Waals surface area (Å²) in [6, 6.07) is 6.12. The number of unbranched alkanes of at least 4 members (excludes halogenated alkanes) is 1. The van der Waals surface area contributed by atoms with Crippen molar-refractivity contribution in [3.8, 4) is 0 Å². The predicted octanol–water partition coefficient (Wildman–Crippen LogP) is 2.99.